The number of nitrogens with zero attached hydrogens (tertiary/aromatic N) is 1. The van der Waals surface area contributed by atoms with E-state index in [9.17, 15) is 9.00 Å². The lowest BCUT2D eigenvalue weighted by Gasteiger charge is -2.05. The molecule has 2 aromatic rings. The first-order chi connectivity index (χ1) is 10.1. The van der Waals surface area contributed by atoms with E-state index in [2.05, 4.69) is 10.9 Å². The van der Waals surface area contributed by atoms with Crippen molar-refractivity contribution in [2.45, 2.75) is 11.5 Å². The molecule has 0 heterocycles. The lowest BCUT2D eigenvalue weighted by molar-refractivity contribution is 0.151. The van der Waals surface area contributed by atoms with Crippen molar-refractivity contribution < 1.29 is 13.7 Å². The number of carbonyl (C=O) groups excluding carboxylic acids is 1. The molecule has 2 aromatic carbocycles. The number of ether oxygens (including phenoxy) is 1. The molecule has 0 spiro atoms. The highest BCUT2D eigenvalue weighted by atomic mass is 32.2. The molecule has 1 unspecified atom stereocenters. The Kier molecular flexibility index (Phi) is 4.90. The molecular weight excluding hydrogens is 286 g/mol. The van der Waals surface area contributed by atoms with Gasteiger partial charge in [-0.2, -0.15) is 0 Å². The summed E-state index contributed by atoms with van der Waals surface area (Å²) in [6.07, 6.45) is -0.868. The molecule has 5 heteroatoms. The van der Waals surface area contributed by atoms with Crippen molar-refractivity contribution in [1.29, 1.82) is 0 Å². The van der Waals surface area contributed by atoms with Crippen LogP contribution in [0.2, 0.25) is 0 Å². The molecule has 1 atom stereocenters. The zero-order valence-electron chi connectivity index (χ0n) is 11.3. The summed E-state index contributed by atoms with van der Waals surface area (Å²) in [5.41, 5.74) is 0.839. The fourth-order valence-corrected chi connectivity index (χ4v) is 2.85. The van der Waals surface area contributed by atoms with Gasteiger partial charge in [0, 0.05) is 5.41 Å². The second-order valence-electron chi connectivity index (χ2n) is 4.18. The quantitative estimate of drug-likeness (QED) is 0.858. The predicted octanol–water partition coefficient (Wildman–Crippen LogP) is 3.99. The van der Waals surface area contributed by atoms with Gasteiger partial charge in [0.2, 0.25) is 0 Å². The van der Waals surface area contributed by atoms with Crippen LogP contribution in [-0.2, 0) is 21.1 Å². The Bertz CT molecular complexity index is 733. The van der Waals surface area contributed by atoms with Crippen molar-refractivity contribution in [3.8, 4) is 0 Å². The molecule has 0 saturated heterocycles. The Morgan fingerprint density at radius 3 is 2.24 bits per heavy atom. The van der Waals surface area contributed by atoms with Gasteiger partial charge in [0.05, 0.1) is 4.90 Å². The van der Waals surface area contributed by atoms with Crippen LogP contribution in [0.4, 0.5) is 4.79 Å². The molecule has 0 bridgehead atoms. The number of rotatable bonds is 4. The number of amides is 1. The van der Waals surface area contributed by atoms with Crippen LogP contribution in [0.5, 0.6) is 0 Å². The normalized spacial score (nSPS) is 13.0. The van der Waals surface area contributed by atoms with Crippen LogP contribution in [0.25, 0.3) is 0 Å². The average molecular weight is 301 g/mol. The molecule has 0 N–H and O–H groups in total. The Balaban J connectivity index is 2.15. The van der Waals surface area contributed by atoms with Crippen molar-refractivity contribution in [3.63, 3.8) is 0 Å². The highest BCUT2D eigenvalue weighted by molar-refractivity contribution is 7.96. The summed E-state index contributed by atoms with van der Waals surface area (Å²) in [5, 5.41) is 1.17. The van der Waals surface area contributed by atoms with Crippen LogP contribution >= 0.6 is 0 Å². The molecule has 0 aliphatic rings. The van der Waals surface area contributed by atoms with Gasteiger partial charge in [0.25, 0.3) is 0 Å². The van der Waals surface area contributed by atoms with E-state index < -0.39 is 15.8 Å². The van der Waals surface area contributed by atoms with Crippen molar-refractivity contribution >= 4 is 15.8 Å². The zero-order valence-corrected chi connectivity index (χ0v) is 12.2. The average Bonchev–Trinajstić information content (AvgIpc) is 2.54. The van der Waals surface area contributed by atoms with Gasteiger partial charge < -0.3 is 4.74 Å². The molecule has 108 valence electrons. The molecule has 21 heavy (non-hydrogen) atoms. The third-order valence-electron chi connectivity index (χ3n) is 2.72. The van der Waals surface area contributed by atoms with Crippen LogP contribution in [0.15, 0.2) is 81.9 Å². The van der Waals surface area contributed by atoms with E-state index in [1.807, 2.05) is 30.3 Å². The second kappa shape index (κ2) is 6.85. The third kappa shape index (κ3) is 4.03. The van der Waals surface area contributed by atoms with Gasteiger partial charge in [0.1, 0.15) is 16.3 Å². The van der Waals surface area contributed by atoms with Crippen LogP contribution in [0, 0.1) is 0 Å². The number of benzene rings is 2. The maximum atomic E-state index is 12.6. The van der Waals surface area contributed by atoms with Gasteiger partial charge in [0.15, 0.2) is 0 Å². The van der Waals surface area contributed by atoms with Gasteiger partial charge in [-0.25, -0.2) is 9.00 Å². The van der Waals surface area contributed by atoms with Gasteiger partial charge in [-0.1, -0.05) is 55.1 Å². The zero-order chi connectivity index (χ0) is 15.1. The molecule has 0 aliphatic carbocycles. The highest BCUT2D eigenvalue weighted by Crippen LogP contribution is 2.15. The van der Waals surface area contributed by atoms with E-state index >= 15 is 0 Å². The van der Waals surface area contributed by atoms with E-state index in [0.29, 0.717) is 4.90 Å². The summed E-state index contributed by atoms with van der Waals surface area (Å²) >= 11 is 0. The Morgan fingerprint density at radius 2 is 1.67 bits per heavy atom. The molecule has 0 aromatic heterocycles. The van der Waals surface area contributed by atoms with Crippen LogP contribution < -0.4 is 0 Å². The Labute approximate surface area is 124 Å². The van der Waals surface area contributed by atoms with Crippen molar-refractivity contribution in [1.82, 2.24) is 0 Å². The number of hydrogen-bond donors (Lipinski definition) is 0. The fraction of sp³-hybridized carbons (Fsp3) is 0.0625. The third-order valence-corrected chi connectivity index (χ3v) is 4.54. The molecular formula is C16H15NO3S. The minimum Gasteiger partial charge on any atom is -0.443 e. The standard InChI is InChI=1S/C16H15NO3S/c1-2-21(19,15-11-7-4-8-12-15)17-16(18)20-13-14-9-5-3-6-10-14/h2-12H,1,13H2. The summed E-state index contributed by atoms with van der Waals surface area (Å²) in [6.45, 7) is 3.59. The summed E-state index contributed by atoms with van der Waals surface area (Å²) in [7, 11) is -2.99. The molecule has 4 nitrogen and oxygen atoms in total. The molecule has 0 fully saturated rings. The van der Waals surface area contributed by atoms with Crippen LogP contribution in [0.3, 0.4) is 0 Å². The van der Waals surface area contributed by atoms with Crippen LogP contribution in [0.1, 0.15) is 5.56 Å². The van der Waals surface area contributed by atoms with E-state index in [1.54, 1.807) is 30.3 Å². The first kappa shape index (κ1) is 15.0. The molecule has 2 rings (SSSR count). The van der Waals surface area contributed by atoms with E-state index in [1.165, 1.54) is 5.41 Å². The first-order valence-corrected chi connectivity index (χ1v) is 7.87. The minimum atomic E-state index is -2.99. The lowest BCUT2D eigenvalue weighted by Crippen LogP contribution is -2.04. The molecule has 0 saturated carbocycles. The fourth-order valence-electron chi connectivity index (χ4n) is 1.66. The van der Waals surface area contributed by atoms with Crippen molar-refractivity contribution in [3.05, 3.63) is 78.2 Å². The summed E-state index contributed by atoms with van der Waals surface area (Å²) in [6, 6.07) is 17.7. The molecule has 0 radical (unpaired) electrons. The minimum absolute atomic E-state index is 0.0879. The monoisotopic (exact) mass is 301 g/mol. The second-order valence-corrected chi connectivity index (χ2v) is 6.30. The van der Waals surface area contributed by atoms with E-state index in [0.717, 1.165) is 5.56 Å². The highest BCUT2D eigenvalue weighted by Gasteiger charge is 2.11. The topological polar surface area (TPSA) is 55.7 Å². The van der Waals surface area contributed by atoms with Crippen molar-refractivity contribution in [2.75, 3.05) is 0 Å². The number of carbonyl (C=O) groups is 1. The summed E-state index contributed by atoms with van der Waals surface area (Å²) < 4.78 is 21.3. The summed E-state index contributed by atoms with van der Waals surface area (Å²) in [4.78, 5) is 12.2. The maximum absolute atomic E-state index is 12.6. The molecule has 0 aliphatic heterocycles. The van der Waals surface area contributed by atoms with E-state index in [-0.39, 0.29) is 6.61 Å². The predicted molar refractivity (Wildman–Crippen MR) is 82.1 cm³/mol. The van der Waals surface area contributed by atoms with E-state index in [4.69, 9.17) is 4.74 Å². The van der Waals surface area contributed by atoms with Gasteiger partial charge in [-0.05, 0) is 17.7 Å². The maximum Gasteiger partial charge on any atom is 0.442 e. The smallest absolute Gasteiger partial charge is 0.442 e. The Hall–Kier alpha value is -2.40. The lowest BCUT2D eigenvalue weighted by atomic mass is 10.2. The SMILES string of the molecule is C=CS(=O)(=NC(=O)OCc1ccccc1)c1ccccc1. The molecule has 1 amide bonds. The van der Waals surface area contributed by atoms with Gasteiger partial charge in [-0.15, -0.1) is 4.36 Å². The first-order valence-electron chi connectivity index (χ1n) is 6.29. The summed E-state index contributed by atoms with van der Waals surface area (Å²) in [5.74, 6) is 0. The Morgan fingerprint density at radius 1 is 1.10 bits per heavy atom. The van der Waals surface area contributed by atoms with Crippen LogP contribution in [-0.4, -0.2) is 10.3 Å². The largest absolute Gasteiger partial charge is 0.443 e. The van der Waals surface area contributed by atoms with Gasteiger partial charge >= 0.3 is 6.09 Å². The van der Waals surface area contributed by atoms with Crippen molar-refractivity contribution in [2.24, 2.45) is 4.36 Å². The number of hydrogen-bond acceptors (Lipinski definition) is 3. The van der Waals surface area contributed by atoms with Gasteiger partial charge in [-0.3, -0.25) is 0 Å².